The van der Waals surface area contributed by atoms with Crippen LogP contribution in [0.1, 0.15) is 5.69 Å². The highest BCUT2D eigenvalue weighted by Gasteiger charge is 2.39. The predicted molar refractivity (Wildman–Crippen MR) is 95.4 cm³/mol. The van der Waals surface area contributed by atoms with Crippen LogP contribution in [0.15, 0.2) is 55.2 Å². The van der Waals surface area contributed by atoms with Gasteiger partial charge in [-0.15, -0.1) is 13.2 Å². The molecular formula is C18H10F6N6O. The van der Waals surface area contributed by atoms with E-state index in [1.807, 2.05) is 0 Å². The third-order valence-electron chi connectivity index (χ3n) is 3.94. The Balaban J connectivity index is 1.67. The maximum atomic E-state index is 13.5. The van der Waals surface area contributed by atoms with Crippen molar-refractivity contribution in [2.45, 2.75) is 12.5 Å². The summed E-state index contributed by atoms with van der Waals surface area (Å²) in [6.07, 6.45) is -3.38. The molecule has 0 aliphatic carbocycles. The molecule has 0 bridgehead atoms. The van der Waals surface area contributed by atoms with E-state index in [0.717, 1.165) is 18.3 Å². The zero-order valence-electron chi connectivity index (χ0n) is 15.1. The van der Waals surface area contributed by atoms with Gasteiger partial charge in [0.05, 0.1) is 18.6 Å². The van der Waals surface area contributed by atoms with Crippen LogP contribution in [0.4, 0.5) is 37.8 Å². The van der Waals surface area contributed by atoms with Gasteiger partial charge in [0.1, 0.15) is 23.0 Å². The van der Waals surface area contributed by atoms with E-state index in [0.29, 0.717) is 5.69 Å². The highest BCUT2D eigenvalue weighted by atomic mass is 19.4. The van der Waals surface area contributed by atoms with Gasteiger partial charge in [-0.2, -0.15) is 13.2 Å². The first-order valence-corrected chi connectivity index (χ1v) is 8.45. The summed E-state index contributed by atoms with van der Waals surface area (Å²) in [6, 6.07) is 4.73. The minimum atomic E-state index is -4.82. The lowest BCUT2D eigenvalue weighted by Gasteiger charge is -2.11. The Bertz CT molecular complexity index is 1220. The lowest BCUT2D eigenvalue weighted by Crippen LogP contribution is -2.16. The number of benzene rings is 1. The highest BCUT2D eigenvalue weighted by molar-refractivity contribution is 5.66. The van der Waals surface area contributed by atoms with Crippen molar-refractivity contribution in [3.8, 4) is 17.1 Å². The van der Waals surface area contributed by atoms with Gasteiger partial charge in [0.2, 0.25) is 0 Å². The van der Waals surface area contributed by atoms with Crippen molar-refractivity contribution in [2.24, 2.45) is 0 Å². The van der Waals surface area contributed by atoms with Gasteiger partial charge in [-0.05, 0) is 24.3 Å². The molecule has 0 saturated carbocycles. The maximum Gasteiger partial charge on any atom is 0.573 e. The fraction of sp³-hybridized carbons (Fsp3) is 0.111. The molecule has 0 spiro atoms. The number of nitrogens with zero attached hydrogens (tertiary/aromatic N) is 5. The molecule has 0 aliphatic heterocycles. The van der Waals surface area contributed by atoms with Crippen LogP contribution in [-0.4, -0.2) is 30.7 Å². The number of anilines is 2. The fourth-order valence-corrected chi connectivity index (χ4v) is 2.78. The second-order valence-corrected chi connectivity index (χ2v) is 6.10. The van der Waals surface area contributed by atoms with Crippen molar-refractivity contribution in [2.75, 3.05) is 5.32 Å². The van der Waals surface area contributed by atoms with Gasteiger partial charge in [-0.1, -0.05) is 0 Å². The van der Waals surface area contributed by atoms with Gasteiger partial charge >= 0.3 is 12.5 Å². The molecule has 0 atom stereocenters. The van der Waals surface area contributed by atoms with Gasteiger partial charge in [0.15, 0.2) is 11.3 Å². The van der Waals surface area contributed by atoms with E-state index < -0.39 is 24.0 Å². The van der Waals surface area contributed by atoms with E-state index >= 15 is 0 Å². The standard InChI is InChI=1S/C18H10F6N6O/c19-17(20,21)16-15(30-6-5-25-9-14(30)29-16)12-7-26-8-13(28-12)27-10-1-3-11(4-2-10)31-18(22,23)24/h1-9H,(H,27,28). The molecule has 0 aliphatic rings. The average molecular weight is 440 g/mol. The Morgan fingerprint density at radius 3 is 2.29 bits per heavy atom. The molecule has 160 valence electrons. The molecule has 0 radical (unpaired) electrons. The Hall–Kier alpha value is -3.90. The van der Waals surface area contributed by atoms with Gasteiger partial charge in [0, 0.05) is 18.1 Å². The lowest BCUT2D eigenvalue weighted by atomic mass is 10.2. The highest BCUT2D eigenvalue weighted by Crippen LogP contribution is 2.36. The number of hydrogen-bond donors (Lipinski definition) is 1. The topological polar surface area (TPSA) is 77.2 Å². The van der Waals surface area contributed by atoms with Crippen molar-refractivity contribution in [3.63, 3.8) is 0 Å². The summed E-state index contributed by atoms with van der Waals surface area (Å²) in [6.45, 7) is 0. The first kappa shape index (κ1) is 20.4. The van der Waals surface area contributed by atoms with E-state index in [4.69, 9.17) is 0 Å². The van der Waals surface area contributed by atoms with Crippen molar-refractivity contribution < 1.29 is 31.1 Å². The number of halogens is 6. The summed E-state index contributed by atoms with van der Waals surface area (Å²) in [5, 5.41) is 2.77. The van der Waals surface area contributed by atoms with Crippen LogP contribution in [-0.2, 0) is 6.18 Å². The lowest BCUT2D eigenvalue weighted by molar-refractivity contribution is -0.274. The molecular weight excluding hydrogens is 430 g/mol. The molecule has 0 saturated heterocycles. The first-order chi connectivity index (χ1) is 14.6. The Morgan fingerprint density at radius 2 is 1.61 bits per heavy atom. The zero-order valence-corrected chi connectivity index (χ0v) is 15.1. The Kier molecular flexibility index (Phi) is 4.87. The number of ether oxygens (including phenoxy) is 1. The van der Waals surface area contributed by atoms with E-state index in [2.05, 4.69) is 30.0 Å². The average Bonchev–Trinajstić information content (AvgIpc) is 3.09. The van der Waals surface area contributed by atoms with Crippen LogP contribution >= 0.6 is 0 Å². The summed E-state index contributed by atoms with van der Waals surface area (Å²) in [5.41, 5.74) is -1.30. The van der Waals surface area contributed by atoms with E-state index in [1.54, 1.807) is 0 Å². The molecule has 7 nitrogen and oxygen atoms in total. The molecule has 4 aromatic rings. The molecule has 31 heavy (non-hydrogen) atoms. The van der Waals surface area contributed by atoms with Gasteiger partial charge in [0.25, 0.3) is 0 Å². The Morgan fingerprint density at radius 1 is 0.871 bits per heavy atom. The molecule has 0 unspecified atom stereocenters. The second kappa shape index (κ2) is 7.41. The summed E-state index contributed by atoms with van der Waals surface area (Å²) in [5.74, 6) is -0.355. The van der Waals surface area contributed by atoms with E-state index in [-0.39, 0.29) is 22.9 Å². The third kappa shape index (κ3) is 4.49. The van der Waals surface area contributed by atoms with Crippen molar-refractivity contribution >= 4 is 17.2 Å². The summed E-state index contributed by atoms with van der Waals surface area (Å²) < 4.78 is 82.3. The summed E-state index contributed by atoms with van der Waals surface area (Å²) in [4.78, 5) is 15.4. The van der Waals surface area contributed by atoms with Crippen molar-refractivity contribution in [1.82, 2.24) is 24.3 Å². The van der Waals surface area contributed by atoms with Crippen LogP contribution in [0.3, 0.4) is 0 Å². The quantitative estimate of drug-likeness (QED) is 0.458. The summed E-state index contributed by atoms with van der Waals surface area (Å²) in [7, 11) is 0. The number of imidazole rings is 1. The third-order valence-corrected chi connectivity index (χ3v) is 3.94. The van der Waals surface area contributed by atoms with Crippen molar-refractivity contribution in [3.05, 3.63) is 60.9 Å². The minimum Gasteiger partial charge on any atom is -0.406 e. The molecule has 4 rings (SSSR count). The van der Waals surface area contributed by atoms with Crippen LogP contribution in [0.2, 0.25) is 0 Å². The fourth-order valence-electron chi connectivity index (χ4n) is 2.78. The molecule has 13 heteroatoms. The van der Waals surface area contributed by atoms with E-state index in [9.17, 15) is 26.3 Å². The largest absolute Gasteiger partial charge is 0.573 e. The molecule has 3 aromatic heterocycles. The normalized spacial score (nSPS) is 12.2. The van der Waals surface area contributed by atoms with Crippen molar-refractivity contribution in [1.29, 1.82) is 0 Å². The molecule has 0 fully saturated rings. The molecule has 1 N–H and O–H groups in total. The van der Waals surface area contributed by atoms with Gasteiger partial charge in [-0.3, -0.25) is 14.4 Å². The number of rotatable bonds is 4. The number of nitrogens with one attached hydrogen (secondary N) is 1. The second-order valence-electron chi connectivity index (χ2n) is 6.10. The smallest absolute Gasteiger partial charge is 0.406 e. The number of hydrogen-bond acceptors (Lipinski definition) is 6. The number of fused-ring (bicyclic) bond motifs is 1. The molecule has 3 heterocycles. The Labute approximate surface area is 169 Å². The number of aromatic nitrogens is 5. The van der Waals surface area contributed by atoms with Gasteiger partial charge < -0.3 is 10.1 Å². The van der Waals surface area contributed by atoms with Crippen LogP contribution in [0, 0.1) is 0 Å². The van der Waals surface area contributed by atoms with E-state index in [1.165, 1.54) is 41.3 Å². The monoisotopic (exact) mass is 440 g/mol. The van der Waals surface area contributed by atoms with Crippen LogP contribution in [0.5, 0.6) is 5.75 Å². The van der Waals surface area contributed by atoms with Crippen LogP contribution in [0.25, 0.3) is 17.0 Å². The SMILES string of the molecule is FC(F)(F)Oc1ccc(Nc2cncc(-c3c(C(F)(F)F)nc4cnccn34)n2)cc1. The number of alkyl halides is 6. The zero-order chi connectivity index (χ0) is 22.2. The first-order valence-electron chi connectivity index (χ1n) is 8.45. The summed E-state index contributed by atoms with van der Waals surface area (Å²) >= 11 is 0. The maximum absolute atomic E-state index is 13.5. The van der Waals surface area contributed by atoms with Crippen LogP contribution < -0.4 is 10.1 Å². The minimum absolute atomic E-state index is 0.0229. The predicted octanol–water partition coefficient (Wildman–Crippen LogP) is 4.85. The molecule has 1 aromatic carbocycles. The van der Waals surface area contributed by atoms with Gasteiger partial charge in [-0.25, -0.2) is 9.97 Å². The molecule has 0 amide bonds.